The summed E-state index contributed by atoms with van der Waals surface area (Å²) < 4.78 is 1.78. The smallest absolute Gasteiger partial charge is 0.259 e. The van der Waals surface area contributed by atoms with E-state index in [9.17, 15) is 4.79 Å². The molecule has 0 spiro atoms. The van der Waals surface area contributed by atoms with Crippen molar-refractivity contribution in [3.8, 4) is 11.3 Å². The van der Waals surface area contributed by atoms with E-state index >= 15 is 0 Å². The summed E-state index contributed by atoms with van der Waals surface area (Å²) in [6.45, 7) is 4.05. The molecular formula is C23H27N5O. The zero-order chi connectivity index (χ0) is 19.8. The van der Waals surface area contributed by atoms with Crippen molar-refractivity contribution in [2.45, 2.75) is 19.3 Å². The third kappa shape index (κ3) is 3.42. The molecule has 2 aromatic heterocycles. The molecule has 29 heavy (non-hydrogen) atoms. The zero-order valence-corrected chi connectivity index (χ0v) is 16.9. The first kappa shape index (κ1) is 18.3. The fourth-order valence-corrected chi connectivity index (χ4v) is 4.90. The molecule has 1 unspecified atom stereocenters. The molecule has 5 rings (SSSR count). The summed E-state index contributed by atoms with van der Waals surface area (Å²) in [5.41, 5.74) is 3.25. The topological polar surface area (TPSA) is 53.7 Å². The summed E-state index contributed by atoms with van der Waals surface area (Å²) >= 11 is 0. The number of piperidine rings is 1. The van der Waals surface area contributed by atoms with Crippen molar-refractivity contribution in [3.63, 3.8) is 0 Å². The maximum Gasteiger partial charge on any atom is 0.259 e. The molecule has 6 nitrogen and oxygen atoms in total. The molecule has 0 aliphatic carbocycles. The lowest BCUT2D eigenvalue weighted by Crippen LogP contribution is -2.35. The van der Waals surface area contributed by atoms with Crippen LogP contribution < -0.4 is 0 Å². The molecule has 2 saturated heterocycles. The third-order valence-corrected chi connectivity index (χ3v) is 6.64. The van der Waals surface area contributed by atoms with Crippen LogP contribution in [0.3, 0.4) is 0 Å². The van der Waals surface area contributed by atoms with Crippen LogP contribution in [0, 0.1) is 11.8 Å². The molecule has 0 saturated carbocycles. The Bertz CT molecular complexity index is 1010. The lowest BCUT2D eigenvalue weighted by Gasteiger charge is -2.32. The normalized spacial score (nSPS) is 21.1. The molecule has 4 heterocycles. The van der Waals surface area contributed by atoms with Gasteiger partial charge in [0, 0.05) is 24.8 Å². The molecule has 0 radical (unpaired) electrons. The van der Waals surface area contributed by atoms with Gasteiger partial charge in [-0.25, -0.2) is 9.50 Å². The minimum absolute atomic E-state index is 0.0631. The Labute approximate surface area is 171 Å². The molecule has 2 aliphatic rings. The van der Waals surface area contributed by atoms with Gasteiger partial charge in [0.2, 0.25) is 0 Å². The Kier molecular flexibility index (Phi) is 4.79. The molecule has 2 aliphatic heterocycles. The molecule has 1 amide bonds. The van der Waals surface area contributed by atoms with Crippen molar-refractivity contribution in [1.82, 2.24) is 24.4 Å². The number of carbonyl (C=O) groups is 1. The van der Waals surface area contributed by atoms with E-state index in [1.165, 1.54) is 25.9 Å². The quantitative estimate of drug-likeness (QED) is 0.690. The van der Waals surface area contributed by atoms with Crippen molar-refractivity contribution in [2.24, 2.45) is 11.8 Å². The lowest BCUT2D eigenvalue weighted by atomic mass is 9.84. The van der Waals surface area contributed by atoms with Gasteiger partial charge in [-0.15, -0.1) is 0 Å². The molecule has 6 heteroatoms. The van der Waals surface area contributed by atoms with Crippen LogP contribution in [0.1, 0.15) is 29.6 Å². The minimum Gasteiger partial charge on any atom is -0.338 e. The molecule has 0 N–H and O–H groups in total. The van der Waals surface area contributed by atoms with Crippen LogP contribution in [-0.2, 0) is 0 Å². The maximum atomic E-state index is 13.3. The second kappa shape index (κ2) is 7.59. The second-order valence-corrected chi connectivity index (χ2v) is 8.43. The predicted octanol–water partition coefficient (Wildman–Crippen LogP) is 3.20. The highest BCUT2D eigenvalue weighted by molar-refractivity contribution is 6.00. The maximum absolute atomic E-state index is 13.3. The van der Waals surface area contributed by atoms with Crippen LogP contribution in [0.4, 0.5) is 0 Å². The van der Waals surface area contributed by atoms with Gasteiger partial charge in [-0.2, -0.15) is 5.10 Å². The summed E-state index contributed by atoms with van der Waals surface area (Å²) in [6, 6.07) is 12.0. The van der Waals surface area contributed by atoms with Gasteiger partial charge < -0.3 is 9.80 Å². The fraction of sp³-hybridized carbons (Fsp3) is 0.435. The highest BCUT2D eigenvalue weighted by atomic mass is 16.2. The van der Waals surface area contributed by atoms with Crippen molar-refractivity contribution >= 4 is 11.6 Å². The van der Waals surface area contributed by atoms with Crippen LogP contribution in [0.2, 0.25) is 0 Å². The average molecular weight is 390 g/mol. The Morgan fingerprint density at radius 1 is 1.00 bits per heavy atom. The predicted molar refractivity (Wildman–Crippen MR) is 113 cm³/mol. The number of nitrogens with zero attached hydrogens (tertiary/aromatic N) is 5. The minimum atomic E-state index is 0.0631. The first-order valence-corrected chi connectivity index (χ1v) is 10.6. The molecule has 3 aromatic rings. The summed E-state index contributed by atoms with van der Waals surface area (Å²) in [5.74, 6) is 1.44. The zero-order valence-electron chi connectivity index (χ0n) is 16.9. The Morgan fingerprint density at radius 3 is 2.55 bits per heavy atom. The first-order chi connectivity index (χ1) is 14.2. The third-order valence-electron chi connectivity index (χ3n) is 6.64. The van der Waals surface area contributed by atoms with Crippen molar-refractivity contribution in [3.05, 3.63) is 54.4 Å². The van der Waals surface area contributed by atoms with E-state index in [1.54, 1.807) is 16.9 Å². The van der Waals surface area contributed by atoms with Gasteiger partial charge in [0.15, 0.2) is 5.65 Å². The van der Waals surface area contributed by atoms with Crippen molar-refractivity contribution in [1.29, 1.82) is 0 Å². The molecule has 1 aromatic carbocycles. The van der Waals surface area contributed by atoms with Gasteiger partial charge in [0.1, 0.15) is 5.56 Å². The van der Waals surface area contributed by atoms with Gasteiger partial charge in [-0.3, -0.25) is 4.79 Å². The molecular weight excluding hydrogens is 362 g/mol. The fourth-order valence-electron chi connectivity index (χ4n) is 4.90. The molecule has 2 fully saturated rings. The van der Waals surface area contributed by atoms with Crippen molar-refractivity contribution in [2.75, 3.05) is 33.2 Å². The van der Waals surface area contributed by atoms with Gasteiger partial charge >= 0.3 is 0 Å². The monoisotopic (exact) mass is 389 g/mol. The Hall–Kier alpha value is -2.73. The first-order valence-electron chi connectivity index (χ1n) is 10.6. The summed E-state index contributed by atoms with van der Waals surface area (Å²) in [5, 5.41) is 4.51. The van der Waals surface area contributed by atoms with Crippen molar-refractivity contribution < 1.29 is 4.79 Å². The van der Waals surface area contributed by atoms with Gasteiger partial charge in [-0.1, -0.05) is 30.3 Å². The number of rotatable bonds is 3. The summed E-state index contributed by atoms with van der Waals surface area (Å²) in [7, 11) is 2.20. The van der Waals surface area contributed by atoms with Crippen LogP contribution in [0.15, 0.2) is 48.8 Å². The van der Waals surface area contributed by atoms with Crippen LogP contribution in [-0.4, -0.2) is 63.5 Å². The van der Waals surface area contributed by atoms with E-state index in [4.69, 9.17) is 0 Å². The van der Waals surface area contributed by atoms with Crippen LogP contribution >= 0.6 is 0 Å². The van der Waals surface area contributed by atoms with E-state index in [-0.39, 0.29) is 5.91 Å². The second-order valence-electron chi connectivity index (χ2n) is 8.43. The van der Waals surface area contributed by atoms with E-state index in [0.717, 1.165) is 36.7 Å². The van der Waals surface area contributed by atoms with Crippen LogP contribution in [0.25, 0.3) is 16.9 Å². The number of carbonyl (C=O) groups excluding carboxylic acids is 1. The highest BCUT2D eigenvalue weighted by Gasteiger charge is 2.34. The number of hydrogen-bond acceptors (Lipinski definition) is 4. The number of amides is 1. The number of fused-ring (bicyclic) bond motifs is 1. The average Bonchev–Trinajstić information content (AvgIpc) is 3.42. The van der Waals surface area contributed by atoms with E-state index in [0.29, 0.717) is 17.1 Å². The van der Waals surface area contributed by atoms with E-state index in [1.807, 2.05) is 41.3 Å². The number of hydrogen-bond donors (Lipinski definition) is 0. The van der Waals surface area contributed by atoms with Gasteiger partial charge in [0.25, 0.3) is 5.91 Å². The molecule has 1 atom stereocenters. The summed E-state index contributed by atoms with van der Waals surface area (Å²) in [4.78, 5) is 22.2. The Balaban J connectivity index is 1.37. The van der Waals surface area contributed by atoms with E-state index in [2.05, 4.69) is 22.0 Å². The number of benzene rings is 1. The van der Waals surface area contributed by atoms with E-state index < -0.39 is 0 Å². The SMILES string of the molecule is CN1CCC(C2CCN(C(=O)c3cnn4c(-c5ccccc5)ccnc34)C2)CC1. The number of aromatic nitrogens is 3. The lowest BCUT2D eigenvalue weighted by molar-refractivity contribution is 0.0777. The Morgan fingerprint density at radius 2 is 1.76 bits per heavy atom. The molecule has 0 bridgehead atoms. The van der Waals surface area contributed by atoms with Crippen LogP contribution in [0.5, 0.6) is 0 Å². The largest absolute Gasteiger partial charge is 0.338 e. The van der Waals surface area contributed by atoms with Gasteiger partial charge in [-0.05, 0) is 57.3 Å². The molecule has 150 valence electrons. The van der Waals surface area contributed by atoms with Gasteiger partial charge in [0.05, 0.1) is 11.9 Å². The summed E-state index contributed by atoms with van der Waals surface area (Å²) in [6.07, 6.45) is 7.06. The standard InChI is InChI=1S/C23H27N5O/c1-26-12-8-17(9-13-26)19-10-14-27(16-19)23(29)20-15-25-28-21(7-11-24-22(20)28)18-5-3-2-4-6-18/h2-7,11,15,17,19H,8-10,12-14,16H2,1H3. The highest BCUT2D eigenvalue weighted by Crippen LogP contribution is 2.32. The number of likely N-dealkylation sites (tertiary alicyclic amines) is 2.